The topological polar surface area (TPSA) is 68.8 Å². The molecule has 0 bridgehead atoms. The Morgan fingerprint density at radius 1 is 1.50 bits per heavy atom. The molecule has 0 radical (unpaired) electrons. The van der Waals surface area contributed by atoms with E-state index in [1.165, 1.54) is 0 Å². The molecule has 1 heterocycles. The number of aromatic nitrogens is 3. The standard InChI is InChI=1S/C7H15N5/c1-6-10-11-7(12(6)2)5-9-4-3-8/h9H,3-5,8H2,1-2H3. The van der Waals surface area contributed by atoms with E-state index < -0.39 is 0 Å². The summed E-state index contributed by atoms with van der Waals surface area (Å²) in [7, 11) is 1.95. The number of hydrogen-bond acceptors (Lipinski definition) is 4. The Labute approximate surface area is 72.0 Å². The van der Waals surface area contributed by atoms with Crippen molar-refractivity contribution in [3.05, 3.63) is 11.6 Å². The molecule has 0 unspecified atom stereocenters. The number of nitrogens with two attached hydrogens (primary N) is 1. The second kappa shape index (κ2) is 4.18. The van der Waals surface area contributed by atoms with E-state index >= 15 is 0 Å². The van der Waals surface area contributed by atoms with Crippen molar-refractivity contribution in [2.24, 2.45) is 12.8 Å². The molecule has 0 spiro atoms. The van der Waals surface area contributed by atoms with E-state index in [1.807, 2.05) is 18.5 Å². The summed E-state index contributed by atoms with van der Waals surface area (Å²) in [4.78, 5) is 0. The predicted molar refractivity (Wildman–Crippen MR) is 46.5 cm³/mol. The minimum Gasteiger partial charge on any atom is -0.329 e. The number of aryl methyl sites for hydroxylation is 1. The lowest BCUT2D eigenvalue weighted by Gasteiger charge is -2.02. The molecule has 68 valence electrons. The predicted octanol–water partition coefficient (Wildman–Crippen LogP) is -0.828. The third kappa shape index (κ3) is 2.02. The van der Waals surface area contributed by atoms with E-state index in [0.717, 1.165) is 24.7 Å². The number of rotatable bonds is 4. The summed E-state index contributed by atoms with van der Waals surface area (Å²) in [6.45, 7) is 4.12. The van der Waals surface area contributed by atoms with E-state index in [4.69, 9.17) is 5.73 Å². The van der Waals surface area contributed by atoms with Crippen LogP contribution in [0.15, 0.2) is 0 Å². The zero-order valence-corrected chi connectivity index (χ0v) is 7.54. The van der Waals surface area contributed by atoms with E-state index in [9.17, 15) is 0 Å². The van der Waals surface area contributed by atoms with Crippen LogP contribution < -0.4 is 11.1 Å². The summed E-state index contributed by atoms with van der Waals surface area (Å²) < 4.78 is 1.96. The van der Waals surface area contributed by atoms with Crippen molar-refractivity contribution in [3.63, 3.8) is 0 Å². The molecule has 1 rings (SSSR count). The van der Waals surface area contributed by atoms with Gasteiger partial charge in [-0.15, -0.1) is 10.2 Å². The van der Waals surface area contributed by atoms with Crippen LogP contribution in [0.5, 0.6) is 0 Å². The quantitative estimate of drug-likeness (QED) is 0.577. The second-order valence-electron chi connectivity index (χ2n) is 2.69. The summed E-state index contributed by atoms with van der Waals surface area (Å²) >= 11 is 0. The summed E-state index contributed by atoms with van der Waals surface area (Å²) in [5.74, 6) is 1.88. The first-order valence-corrected chi connectivity index (χ1v) is 4.01. The molecular weight excluding hydrogens is 154 g/mol. The highest BCUT2D eigenvalue weighted by Crippen LogP contribution is 1.95. The molecule has 1 aromatic rings. The Morgan fingerprint density at radius 2 is 2.25 bits per heavy atom. The highest BCUT2D eigenvalue weighted by atomic mass is 15.3. The smallest absolute Gasteiger partial charge is 0.146 e. The van der Waals surface area contributed by atoms with Gasteiger partial charge in [0.25, 0.3) is 0 Å². The van der Waals surface area contributed by atoms with Crippen LogP contribution in [0.2, 0.25) is 0 Å². The molecule has 0 saturated heterocycles. The highest BCUT2D eigenvalue weighted by Gasteiger charge is 2.02. The monoisotopic (exact) mass is 169 g/mol. The lowest BCUT2D eigenvalue weighted by molar-refractivity contribution is 0.638. The Bertz CT molecular complexity index is 242. The van der Waals surface area contributed by atoms with Crippen molar-refractivity contribution >= 4 is 0 Å². The maximum Gasteiger partial charge on any atom is 0.146 e. The third-order valence-electron chi connectivity index (χ3n) is 1.79. The molecule has 5 nitrogen and oxygen atoms in total. The van der Waals surface area contributed by atoms with Gasteiger partial charge in [0, 0.05) is 20.1 Å². The van der Waals surface area contributed by atoms with Crippen molar-refractivity contribution in [1.82, 2.24) is 20.1 Å². The Balaban J connectivity index is 2.46. The maximum absolute atomic E-state index is 5.33. The van der Waals surface area contributed by atoms with E-state index in [-0.39, 0.29) is 0 Å². The highest BCUT2D eigenvalue weighted by molar-refractivity contribution is 4.91. The SMILES string of the molecule is Cc1nnc(CNCCN)n1C. The molecule has 0 atom stereocenters. The van der Waals surface area contributed by atoms with Crippen LogP contribution in [0.3, 0.4) is 0 Å². The fraction of sp³-hybridized carbons (Fsp3) is 0.714. The summed E-state index contributed by atoms with van der Waals surface area (Å²) in [6.07, 6.45) is 0. The molecule has 1 aromatic heterocycles. The van der Waals surface area contributed by atoms with Crippen LogP contribution in [0.25, 0.3) is 0 Å². The van der Waals surface area contributed by atoms with Crippen molar-refractivity contribution in [2.75, 3.05) is 13.1 Å². The van der Waals surface area contributed by atoms with Crippen LogP contribution in [0.4, 0.5) is 0 Å². The second-order valence-corrected chi connectivity index (χ2v) is 2.69. The third-order valence-corrected chi connectivity index (χ3v) is 1.79. The number of nitrogens with one attached hydrogen (secondary N) is 1. The molecular formula is C7H15N5. The lowest BCUT2D eigenvalue weighted by atomic mass is 10.5. The Hall–Kier alpha value is -0.940. The largest absolute Gasteiger partial charge is 0.329 e. The summed E-state index contributed by atoms with van der Waals surface area (Å²) in [5, 5.41) is 11.1. The molecule has 12 heavy (non-hydrogen) atoms. The maximum atomic E-state index is 5.33. The van der Waals surface area contributed by atoms with Gasteiger partial charge in [-0.25, -0.2) is 0 Å². The first-order valence-electron chi connectivity index (χ1n) is 4.01. The summed E-state index contributed by atoms with van der Waals surface area (Å²) in [5.41, 5.74) is 5.33. The van der Waals surface area contributed by atoms with Gasteiger partial charge >= 0.3 is 0 Å². The van der Waals surface area contributed by atoms with E-state index in [0.29, 0.717) is 6.54 Å². The molecule has 3 N–H and O–H groups in total. The van der Waals surface area contributed by atoms with Crippen LogP contribution in [0.1, 0.15) is 11.6 Å². The molecule has 0 aliphatic rings. The molecule has 0 amide bonds. The first kappa shape index (κ1) is 9.15. The van der Waals surface area contributed by atoms with Gasteiger partial charge in [-0.05, 0) is 6.92 Å². The van der Waals surface area contributed by atoms with Gasteiger partial charge in [0.2, 0.25) is 0 Å². The Morgan fingerprint density at radius 3 is 2.75 bits per heavy atom. The minimum atomic E-state index is 0.650. The molecule has 0 aliphatic carbocycles. The fourth-order valence-corrected chi connectivity index (χ4v) is 0.907. The van der Waals surface area contributed by atoms with Crippen LogP contribution in [0, 0.1) is 6.92 Å². The average Bonchev–Trinajstić information content (AvgIpc) is 2.36. The number of hydrogen-bond donors (Lipinski definition) is 2. The van der Waals surface area contributed by atoms with Crippen LogP contribution in [-0.2, 0) is 13.6 Å². The zero-order chi connectivity index (χ0) is 8.97. The molecule has 0 saturated carbocycles. The van der Waals surface area contributed by atoms with Crippen molar-refractivity contribution in [3.8, 4) is 0 Å². The minimum absolute atomic E-state index is 0.650. The lowest BCUT2D eigenvalue weighted by Crippen LogP contribution is -2.23. The van der Waals surface area contributed by atoms with Crippen molar-refractivity contribution < 1.29 is 0 Å². The van der Waals surface area contributed by atoms with Gasteiger partial charge in [0.1, 0.15) is 11.6 Å². The summed E-state index contributed by atoms with van der Waals surface area (Å²) in [6, 6.07) is 0. The molecule has 0 aliphatic heterocycles. The van der Waals surface area contributed by atoms with Gasteiger partial charge in [-0.2, -0.15) is 0 Å². The van der Waals surface area contributed by atoms with Crippen molar-refractivity contribution in [2.45, 2.75) is 13.5 Å². The van der Waals surface area contributed by atoms with E-state index in [1.54, 1.807) is 0 Å². The van der Waals surface area contributed by atoms with Crippen molar-refractivity contribution in [1.29, 1.82) is 0 Å². The van der Waals surface area contributed by atoms with Gasteiger partial charge in [0.05, 0.1) is 6.54 Å². The van der Waals surface area contributed by atoms with Gasteiger partial charge in [-0.3, -0.25) is 0 Å². The van der Waals surface area contributed by atoms with Crippen LogP contribution >= 0.6 is 0 Å². The molecule has 5 heteroatoms. The van der Waals surface area contributed by atoms with Gasteiger partial charge in [-0.1, -0.05) is 0 Å². The van der Waals surface area contributed by atoms with Crippen LogP contribution in [-0.4, -0.2) is 27.9 Å². The molecule has 0 aromatic carbocycles. The van der Waals surface area contributed by atoms with Gasteiger partial charge in [0.15, 0.2) is 0 Å². The fourth-order valence-electron chi connectivity index (χ4n) is 0.907. The van der Waals surface area contributed by atoms with E-state index in [2.05, 4.69) is 15.5 Å². The average molecular weight is 169 g/mol. The van der Waals surface area contributed by atoms with Gasteiger partial charge < -0.3 is 15.6 Å². The number of nitrogens with zero attached hydrogens (tertiary/aromatic N) is 3. The first-order chi connectivity index (χ1) is 5.75. The molecule has 0 fully saturated rings. The Kier molecular flexibility index (Phi) is 3.19. The normalized spacial score (nSPS) is 10.6. The zero-order valence-electron chi connectivity index (χ0n) is 7.54.